The number of halogens is 1. The third-order valence-corrected chi connectivity index (χ3v) is 6.93. The number of hydrogen-bond acceptors (Lipinski definition) is 3. The van der Waals surface area contributed by atoms with Crippen LogP contribution in [-0.4, -0.2) is 23.7 Å². The number of hydrogen-bond donors (Lipinski definition) is 1. The first-order chi connectivity index (χ1) is 14.8. The molecule has 0 aromatic heterocycles. The molecule has 1 heterocycles. The van der Waals surface area contributed by atoms with Crippen molar-refractivity contribution in [2.24, 2.45) is 16.3 Å². The summed E-state index contributed by atoms with van der Waals surface area (Å²) in [6.07, 6.45) is 4.61. The summed E-state index contributed by atoms with van der Waals surface area (Å²) in [6.45, 7) is 13.2. The van der Waals surface area contributed by atoms with Gasteiger partial charge in [0.15, 0.2) is 0 Å². The second kappa shape index (κ2) is 8.33. The first-order valence-electron chi connectivity index (χ1n) is 11.0. The van der Waals surface area contributed by atoms with E-state index in [0.717, 1.165) is 31.0 Å². The Morgan fingerprint density at radius 3 is 2.65 bits per heavy atom. The molecule has 0 radical (unpaired) electrons. The number of nitrogens with zero attached hydrogens (tertiary/aromatic N) is 2. The highest BCUT2D eigenvalue weighted by Gasteiger charge is 2.52. The van der Waals surface area contributed by atoms with Crippen molar-refractivity contribution >= 4 is 17.1 Å². The van der Waals surface area contributed by atoms with Crippen LogP contribution in [-0.2, 0) is 6.54 Å². The predicted molar refractivity (Wildman–Crippen MR) is 128 cm³/mol. The van der Waals surface area contributed by atoms with E-state index in [4.69, 9.17) is 10.7 Å². The van der Waals surface area contributed by atoms with Crippen LogP contribution >= 0.6 is 0 Å². The second-order valence-corrected chi connectivity index (χ2v) is 9.42. The maximum Gasteiger partial charge on any atom is 0.132 e. The van der Waals surface area contributed by atoms with Crippen molar-refractivity contribution < 1.29 is 4.39 Å². The Hall–Kier alpha value is -2.88. The quantitative estimate of drug-likeness (QED) is 0.462. The summed E-state index contributed by atoms with van der Waals surface area (Å²) in [5, 5.41) is 0. The van der Waals surface area contributed by atoms with Crippen LogP contribution in [0.25, 0.3) is 5.70 Å². The predicted octanol–water partition coefficient (Wildman–Crippen LogP) is 6.01. The molecule has 1 spiro atoms. The summed E-state index contributed by atoms with van der Waals surface area (Å²) >= 11 is 0. The molecule has 1 saturated carbocycles. The number of benzene rings is 2. The van der Waals surface area contributed by atoms with Crippen molar-refractivity contribution in [2.75, 3.05) is 18.8 Å². The molecule has 0 bridgehead atoms. The summed E-state index contributed by atoms with van der Waals surface area (Å²) in [5.74, 6) is 0.356. The standard InChI is InChI=1S/C27H32FN3/c1-18-7-5-6-8-22(18)15-30-20(3)11-19(2)23-13-27(14-23)16-31(17-27)21(4)25-12-24(29)9-10-26(25)28/h5-12,23H,4,13-17,29H2,1-3H3/b19-11+,30-20-. The van der Waals surface area contributed by atoms with E-state index in [-0.39, 0.29) is 5.82 Å². The molecule has 2 fully saturated rings. The molecule has 2 N–H and O–H groups in total. The molecule has 4 heteroatoms. The van der Waals surface area contributed by atoms with Crippen LogP contribution in [0.15, 0.2) is 65.7 Å². The summed E-state index contributed by atoms with van der Waals surface area (Å²) in [5.41, 5.74) is 13.1. The minimum atomic E-state index is -0.258. The molecule has 2 aromatic carbocycles. The van der Waals surface area contributed by atoms with Crippen LogP contribution in [0.3, 0.4) is 0 Å². The van der Waals surface area contributed by atoms with Crippen molar-refractivity contribution in [3.63, 3.8) is 0 Å². The van der Waals surface area contributed by atoms with E-state index < -0.39 is 0 Å². The van der Waals surface area contributed by atoms with Crippen LogP contribution in [0.4, 0.5) is 10.1 Å². The van der Waals surface area contributed by atoms with Crippen molar-refractivity contribution in [3.05, 3.63) is 83.2 Å². The first kappa shape index (κ1) is 21.4. The smallest absolute Gasteiger partial charge is 0.132 e. The van der Waals surface area contributed by atoms with Crippen molar-refractivity contribution in [1.29, 1.82) is 0 Å². The minimum Gasteiger partial charge on any atom is -0.399 e. The fourth-order valence-corrected chi connectivity index (χ4v) is 4.94. The number of aryl methyl sites for hydroxylation is 1. The Kier molecular flexibility index (Phi) is 5.74. The molecule has 31 heavy (non-hydrogen) atoms. The van der Waals surface area contributed by atoms with Crippen molar-refractivity contribution in [3.8, 4) is 0 Å². The Labute approximate surface area is 185 Å². The average Bonchev–Trinajstić information content (AvgIpc) is 2.67. The van der Waals surface area contributed by atoms with Gasteiger partial charge < -0.3 is 10.6 Å². The Morgan fingerprint density at radius 1 is 1.23 bits per heavy atom. The summed E-state index contributed by atoms with van der Waals surface area (Å²) in [7, 11) is 0. The third-order valence-electron chi connectivity index (χ3n) is 6.93. The topological polar surface area (TPSA) is 41.6 Å². The summed E-state index contributed by atoms with van der Waals surface area (Å²) in [6, 6.07) is 13.1. The minimum absolute atomic E-state index is 0.258. The molecular weight excluding hydrogens is 385 g/mol. The molecule has 1 aliphatic heterocycles. The lowest BCUT2D eigenvalue weighted by atomic mass is 9.56. The molecule has 0 amide bonds. The fourth-order valence-electron chi connectivity index (χ4n) is 4.94. The highest BCUT2D eigenvalue weighted by Crippen LogP contribution is 2.55. The normalized spacial score (nSPS) is 18.6. The van der Waals surface area contributed by atoms with Crippen LogP contribution < -0.4 is 5.73 Å². The van der Waals surface area contributed by atoms with E-state index >= 15 is 0 Å². The van der Waals surface area contributed by atoms with Gasteiger partial charge in [0.25, 0.3) is 0 Å². The highest BCUT2D eigenvalue weighted by atomic mass is 19.1. The number of aliphatic imine (C=N–C) groups is 1. The van der Waals surface area contributed by atoms with Crippen molar-refractivity contribution in [1.82, 2.24) is 4.90 Å². The van der Waals surface area contributed by atoms with Crippen molar-refractivity contribution in [2.45, 2.75) is 40.2 Å². The number of rotatable bonds is 6. The van der Waals surface area contributed by atoms with Gasteiger partial charge in [0.2, 0.25) is 0 Å². The van der Waals surface area contributed by atoms with Gasteiger partial charge in [-0.05, 0) is 74.9 Å². The summed E-state index contributed by atoms with van der Waals surface area (Å²) in [4.78, 5) is 6.95. The molecule has 1 saturated heterocycles. The lowest BCUT2D eigenvalue weighted by molar-refractivity contribution is -0.0532. The van der Waals surface area contributed by atoms with Crippen LogP contribution in [0.2, 0.25) is 0 Å². The van der Waals surface area contributed by atoms with Gasteiger partial charge in [-0.25, -0.2) is 4.39 Å². The van der Waals surface area contributed by atoms with E-state index in [1.807, 2.05) is 0 Å². The van der Waals surface area contributed by atoms with Crippen LogP contribution in [0.5, 0.6) is 0 Å². The number of likely N-dealkylation sites (tertiary alicyclic amines) is 1. The monoisotopic (exact) mass is 417 g/mol. The van der Waals surface area contributed by atoms with Gasteiger partial charge in [-0.3, -0.25) is 4.99 Å². The summed E-state index contributed by atoms with van der Waals surface area (Å²) < 4.78 is 14.2. The van der Waals surface area contributed by atoms with Crippen LogP contribution in [0, 0.1) is 24.1 Å². The van der Waals surface area contributed by atoms with Gasteiger partial charge in [-0.2, -0.15) is 0 Å². The Bertz CT molecular complexity index is 1050. The number of nitrogens with two attached hydrogens (primary N) is 1. The largest absolute Gasteiger partial charge is 0.399 e. The van der Waals surface area contributed by atoms with Gasteiger partial charge in [0.05, 0.1) is 6.54 Å². The van der Waals surface area contributed by atoms with E-state index in [2.05, 4.69) is 62.6 Å². The lowest BCUT2D eigenvalue weighted by Gasteiger charge is -2.60. The molecule has 1 aliphatic carbocycles. The second-order valence-electron chi connectivity index (χ2n) is 9.42. The molecule has 3 nitrogen and oxygen atoms in total. The van der Waals surface area contributed by atoms with Gasteiger partial charge in [-0.15, -0.1) is 0 Å². The molecule has 0 unspecified atom stereocenters. The Morgan fingerprint density at radius 2 is 1.94 bits per heavy atom. The maximum absolute atomic E-state index is 14.2. The number of anilines is 1. The first-order valence-corrected chi connectivity index (χ1v) is 11.0. The van der Waals surface area contributed by atoms with Gasteiger partial charge in [0.1, 0.15) is 5.82 Å². The van der Waals surface area contributed by atoms with Gasteiger partial charge in [-0.1, -0.05) is 36.4 Å². The zero-order valence-electron chi connectivity index (χ0n) is 18.8. The number of allylic oxidation sites excluding steroid dienone is 2. The molecule has 2 aliphatic rings. The molecule has 162 valence electrons. The molecule has 0 atom stereocenters. The van der Waals surface area contributed by atoms with Crippen LogP contribution in [0.1, 0.15) is 43.4 Å². The molecular formula is C27H32FN3. The fraction of sp³-hybridized carbons (Fsp3) is 0.370. The van der Waals surface area contributed by atoms with E-state index in [0.29, 0.717) is 22.6 Å². The zero-order valence-corrected chi connectivity index (χ0v) is 18.8. The highest BCUT2D eigenvalue weighted by molar-refractivity contribution is 5.93. The molecule has 2 aromatic rings. The zero-order chi connectivity index (χ0) is 22.2. The number of nitrogen functional groups attached to an aromatic ring is 1. The van der Waals surface area contributed by atoms with Gasteiger partial charge >= 0.3 is 0 Å². The van der Waals surface area contributed by atoms with E-state index in [1.54, 1.807) is 12.1 Å². The van der Waals surface area contributed by atoms with E-state index in [9.17, 15) is 4.39 Å². The SMILES string of the molecule is C=C(c1cc(N)ccc1F)N1CC2(CC(/C(C)=C/C(C)=N\Cc3ccccc3C)C2)C1. The van der Waals surface area contributed by atoms with E-state index in [1.165, 1.54) is 35.6 Å². The average molecular weight is 418 g/mol. The molecule has 4 rings (SSSR count). The maximum atomic E-state index is 14.2. The Balaban J connectivity index is 1.30. The van der Waals surface area contributed by atoms with Gasteiger partial charge in [0, 0.05) is 41.2 Å². The lowest BCUT2D eigenvalue weighted by Crippen LogP contribution is -2.61. The third kappa shape index (κ3) is 4.43.